The van der Waals surface area contributed by atoms with Crippen LogP contribution in [0.15, 0.2) is 83.8 Å². The van der Waals surface area contributed by atoms with Crippen molar-refractivity contribution in [2.24, 2.45) is 5.92 Å². The molecule has 0 unspecified atom stereocenters. The third-order valence-corrected chi connectivity index (χ3v) is 8.08. The Morgan fingerprint density at radius 3 is 2.08 bits per heavy atom. The number of anilines is 1. The predicted octanol–water partition coefficient (Wildman–Crippen LogP) is 4.39. The van der Waals surface area contributed by atoms with Gasteiger partial charge in [0.25, 0.3) is 10.0 Å². The second-order valence-corrected chi connectivity index (χ2v) is 11.7. The van der Waals surface area contributed by atoms with Gasteiger partial charge in [-0.15, -0.1) is 0 Å². The fourth-order valence-electron chi connectivity index (χ4n) is 3.92. The van der Waals surface area contributed by atoms with Gasteiger partial charge in [0.1, 0.15) is 18.3 Å². The van der Waals surface area contributed by atoms with Crippen molar-refractivity contribution in [3.63, 3.8) is 0 Å². The first-order valence-corrected chi connectivity index (χ1v) is 14.3. The highest BCUT2D eigenvalue weighted by molar-refractivity contribution is 7.92. The summed E-state index contributed by atoms with van der Waals surface area (Å²) in [5, 5.41) is 2.88. The fraction of sp³-hybridized carbons (Fsp3) is 0.333. The molecule has 3 rings (SSSR count). The molecular weight excluding hydrogens is 514 g/mol. The smallest absolute Gasteiger partial charge is 0.264 e. The van der Waals surface area contributed by atoms with E-state index in [1.54, 1.807) is 68.6 Å². The number of hydrogen-bond donors (Lipinski definition) is 1. The molecule has 0 aromatic heterocycles. The van der Waals surface area contributed by atoms with Crippen molar-refractivity contribution in [1.29, 1.82) is 0 Å². The van der Waals surface area contributed by atoms with Crippen molar-refractivity contribution in [1.82, 2.24) is 10.2 Å². The average molecular weight is 552 g/mol. The van der Waals surface area contributed by atoms with Gasteiger partial charge in [0.05, 0.1) is 17.7 Å². The van der Waals surface area contributed by atoms with E-state index in [0.29, 0.717) is 18.0 Å². The number of aryl methyl sites for hydroxylation is 1. The van der Waals surface area contributed by atoms with Crippen molar-refractivity contribution < 1.29 is 22.7 Å². The van der Waals surface area contributed by atoms with Crippen molar-refractivity contribution in [3.05, 3.63) is 90.0 Å². The molecule has 0 heterocycles. The van der Waals surface area contributed by atoms with Crippen LogP contribution in [0.25, 0.3) is 0 Å². The number of amides is 2. The van der Waals surface area contributed by atoms with Crippen molar-refractivity contribution in [2.45, 2.75) is 45.2 Å². The zero-order valence-corrected chi connectivity index (χ0v) is 23.9. The van der Waals surface area contributed by atoms with E-state index in [1.165, 1.54) is 17.0 Å². The monoisotopic (exact) mass is 551 g/mol. The molecule has 0 aliphatic rings. The summed E-state index contributed by atoms with van der Waals surface area (Å²) < 4.78 is 33.8. The van der Waals surface area contributed by atoms with Crippen LogP contribution in [-0.2, 0) is 26.2 Å². The molecule has 2 amide bonds. The number of carbonyl (C=O) groups is 2. The first-order chi connectivity index (χ1) is 18.5. The van der Waals surface area contributed by atoms with Crippen LogP contribution >= 0.6 is 0 Å². The molecule has 208 valence electrons. The average Bonchev–Trinajstić information content (AvgIpc) is 2.94. The molecule has 0 bridgehead atoms. The minimum Gasteiger partial charge on any atom is -0.497 e. The molecular formula is C30H37N3O5S. The number of nitrogens with one attached hydrogen (secondary N) is 1. The van der Waals surface area contributed by atoms with Crippen LogP contribution < -0.4 is 14.4 Å². The molecule has 0 radical (unpaired) electrons. The zero-order chi connectivity index (χ0) is 28.6. The molecule has 0 aliphatic carbocycles. The Morgan fingerprint density at radius 2 is 1.51 bits per heavy atom. The quantitative estimate of drug-likeness (QED) is 0.360. The molecule has 9 heteroatoms. The number of ether oxygens (including phenoxy) is 1. The maximum atomic E-state index is 13.9. The lowest BCUT2D eigenvalue weighted by Gasteiger charge is -2.32. The summed E-state index contributed by atoms with van der Waals surface area (Å²) in [6, 6.07) is 21.3. The Morgan fingerprint density at radius 1 is 0.897 bits per heavy atom. The van der Waals surface area contributed by atoms with Crippen molar-refractivity contribution in [3.8, 4) is 5.75 Å². The number of methoxy groups -OCH3 is 1. The van der Waals surface area contributed by atoms with Crippen LogP contribution in [0, 0.1) is 12.8 Å². The molecule has 0 fully saturated rings. The lowest BCUT2D eigenvalue weighted by molar-refractivity contribution is -0.139. The second-order valence-electron chi connectivity index (χ2n) is 9.84. The highest BCUT2D eigenvalue weighted by atomic mass is 32.2. The van der Waals surface area contributed by atoms with Crippen LogP contribution in [-0.4, -0.2) is 51.4 Å². The summed E-state index contributed by atoms with van der Waals surface area (Å²) in [7, 11) is -2.51. The Hall–Kier alpha value is -3.85. The minimum absolute atomic E-state index is 0.0720. The van der Waals surface area contributed by atoms with Crippen molar-refractivity contribution in [2.75, 3.05) is 24.5 Å². The first kappa shape index (κ1) is 29.7. The van der Waals surface area contributed by atoms with Crippen LogP contribution in [0.2, 0.25) is 0 Å². The van der Waals surface area contributed by atoms with Crippen molar-refractivity contribution >= 4 is 27.5 Å². The second kappa shape index (κ2) is 13.3. The van der Waals surface area contributed by atoms with Crippen LogP contribution in [0.4, 0.5) is 5.69 Å². The van der Waals surface area contributed by atoms with Gasteiger partial charge < -0.3 is 15.0 Å². The SMILES string of the molecule is COc1ccc(CN(C(=O)CN(c2ccc(C)cc2)S(=O)(=O)c2ccccc2)[C@@H](C)C(=O)NCC(C)C)cc1. The number of nitrogens with zero attached hydrogens (tertiary/aromatic N) is 2. The molecule has 3 aromatic rings. The molecule has 3 aromatic carbocycles. The van der Waals surface area contributed by atoms with Gasteiger partial charge in [0, 0.05) is 13.1 Å². The molecule has 0 saturated heterocycles. The summed E-state index contributed by atoms with van der Waals surface area (Å²) in [5.41, 5.74) is 2.10. The van der Waals surface area contributed by atoms with E-state index in [0.717, 1.165) is 15.4 Å². The number of carbonyl (C=O) groups excluding carboxylic acids is 2. The van der Waals surface area contributed by atoms with E-state index in [1.807, 2.05) is 32.9 Å². The zero-order valence-electron chi connectivity index (χ0n) is 23.1. The summed E-state index contributed by atoms with van der Waals surface area (Å²) in [6.07, 6.45) is 0. The Labute approximate surface area is 231 Å². The topological polar surface area (TPSA) is 96.0 Å². The van der Waals surface area contributed by atoms with Gasteiger partial charge >= 0.3 is 0 Å². The summed E-state index contributed by atoms with van der Waals surface area (Å²) in [5.74, 6) is 0.0928. The van der Waals surface area contributed by atoms with Crippen LogP contribution in [0.5, 0.6) is 5.75 Å². The predicted molar refractivity (Wildman–Crippen MR) is 153 cm³/mol. The van der Waals surface area contributed by atoms with Gasteiger partial charge in [-0.1, -0.05) is 61.9 Å². The fourth-order valence-corrected chi connectivity index (χ4v) is 5.36. The normalized spacial score (nSPS) is 12.1. The molecule has 0 aliphatic heterocycles. The molecule has 39 heavy (non-hydrogen) atoms. The molecule has 1 N–H and O–H groups in total. The summed E-state index contributed by atoms with van der Waals surface area (Å²) in [6.45, 7) is 7.63. The van der Waals surface area contributed by atoms with Gasteiger partial charge in [-0.25, -0.2) is 8.42 Å². The maximum Gasteiger partial charge on any atom is 0.264 e. The van der Waals surface area contributed by atoms with E-state index >= 15 is 0 Å². The Bertz CT molecular complexity index is 1340. The molecule has 1 atom stereocenters. The lowest BCUT2D eigenvalue weighted by Crippen LogP contribution is -2.51. The maximum absolute atomic E-state index is 13.9. The van der Waals surface area contributed by atoms with E-state index < -0.39 is 28.5 Å². The summed E-state index contributed by atoms with van der Waals surface area (Å²) >= 11 is 0. The minimum atomic E-state index is -4.08. The number of hydrogen-bond acceptors (Lipinski definition) is 5. The van der Waals surface area contributed by atoms with Gasteiger partial charge in [-0.2, -0.15) is 0 Å². The molecule has 0 saturated carbocycles. The standard InChI is InChI=1S/C30H37N3O5S/c1-22(2)19-31-30(35)24(4)32(20-25-13-17-27(38-5)18-14-25)29(34)21-33(26-15-11-23(3)12-16-26)39(36,37)28-9-7-6-8-10-28/h6-18,22,24H,19-21H2,1-5H3,(H,31,35)/t24-/m0/s1. The van der Waals surface area contributed by atoms with Gasteiger partial charge in [-0.05, 0) is 61.7 Å². The molecule has 0 spiro atoms. The van der Waals surface area contributed by atoms with Gasteiger partial charge in [0.2, 0.25) is 11.8 Å². The largest absolute Gasteiger partial charge is 0.497 e. The molecule has 8 nitrogen and oxygen atoms in total. The van der Waals surface area contributed by atoms with E-state index in [2.05, 4.69) is 5.32 Å². The van der Waals surface area contributed by atoms with Crippen LogP contribution in [0.1, 0.15) is 31.9 Å². The highest BCUT2D eigenvalue weighted by Gasteiger charge is 2.32. The van der Waals surface area contributed by atoms with Gasteiger partial charge in [0.15, 0.2) is 0 Å². The van der Waals surface area contributed by atoms with E-state index in [4.69, 9.17) is 4.74 Å². The third-order valence-electron chi connectivity index (χ3n) is 6.30. The van der Waals surface area contributed by atoms with E-state index in [-0.39, 0.29) is 23.3 Å². The highest BCUT2D eigenvalue weighted by Crippen LogP contribution is 2.25. The number of rotatable bonds is 12. The van der Waals surface area contributed by atoms with E-state index in [9.17, 15) is 18.0 Å². The van der Waals surface area contributed by atoms with Crippen LogP contribution in [0.3, 0.4) is 0 Å². The Kier molecular flexibility index (Phi) is 10.1. The number of benzene rings is 3. The first-order valence-electron chi connectivity index (χ1n) is 12.9. The number of sulfonamides is 1. The third kappa shape index (κ3) is 7.83. The Balaban J connectivity index is 1.98. The lowest BCUT2D eigenvalue weighted by atomic mass is 10.1. The summed E-state index contributed by atoms with van der Waals surface area (Å²) in [4.78, 5) is 28.4. The van der Waals surface area contributed by atoms with Gasteiger partial charge in [-0.3, -0.25) is 13.9 Å².